The highest BCUT2D eigenvalue weighted by atomic mass is 32.2. The van der Waals surface area contributed by atoms with Crippen LogP contribution in [0.4, 0.5) is 24.7 Å². The summed E-state index contributed by atoms with van der Waals surface area (Å²) in [5.74, 6) is -1.28. The van der Waals surface area contributed by atoms with Crippen molar-refractivity contribution in [1.29, 1.82) is 0 Å². The van der Waals surface area contributed by atoms with Crippen molar-refractivity contribution < 1.29 is 21.6 Å². The third-order valence-electron chi connectivity index (χ3n) is 3.24. The topological polar surface area (TPSA) is 88.3 Å². The van der Waals surface area contributed by atoms with Gasteiger partial charge in [-0.05, 0) is 25.0 Å². The molecule has 0 amide bonds. The number of nitrogens with zero attached hydrogens (tertiary/aromatic N) is 2. The van der Waals surface area contributed by atoms with Crippen molar-refractivity contribution in [3.63, 3.8) is 0 Å². The Morgan fingerprint density at radius 1 is 1.32 bits per heavy atom. The predicted molar refractivity (Wildman–Crippen MR) is 77.1 cm³/mol. The molecule has 1 saturated heterocycles. The molecule has 0 aliphatic carbocycles. The number of alkyl halides is 3. The molecule has 0 bridgehead atoms. The second-order valence-electron chi connectivity index (χ2n) is 5.21. The number of nitrogens with one attached hydrogen (secondary N) is 1. The van der Waals surface area contributed by atoms with Crippen LogP contribution in [0.15, 0.2) is 18.3 Å². The molecule has 1 fully saturated rings. The Labute approximate surface area is 126 Å². The molecule has 124 valence electrons. The summed E-state index contributed by atoms with van der Waals surface area (Å²) in [5, 5.41) is 0. The van der Waals surface area contributed by atoms with E-state index in [2.05, 4.69) is 4.98 Å². The van der Waals surface area contributed by atoms with Gasteiger partial charge in [-0.2, -0.15) is 13.2 Å². The second-order valence-corrected chi connectivity index (χ2v) is 6.93. The van der Waals surface area contributed by atoms with Gasteiger partial charge in [0.15, 0.2) is 5.75 Å². The quantitative estimate of drug-likeness (QED) is 0.864. The molecule has 2 rings (SSSR count). The van der Waals surface area contributed by atoms with Crippen molar-refractivity contribution in [3.8, 4) is 0 Å². The molecule has 2 heterocycles. The molecule has 22 heavy (non-hydrogen) atoms. The summed E-state index contributed by atoms with van der Waals surface area (Å²) in [6, 6.07) is 3.14. The van der Waals surface area contributed by atoms with Gasteiger partial charge in [0, 0.05) is 19.1 Å². The number of nitrogens with two attached hydrogens (primary N) is 1. The first kappa shape index (κ1) is 16.8. The predicted octanol–water partition coefficient (Wildman–Crippen LogP) is 1.31. The van der Waals surface area contributed by atoms with Crippen molar-refractivity contribution in [2.45, 2.75) is 25.1 Å². The molecule has 1 aromatic rings. The molecule has 0 radical (unpaired) electrons. The summed E-state index contributed by atoms with van der Waals surface area (Å²) in [7, 11) is -4.48. The number of hydrogen-bond acceptors (Lipinski definition) is 5. The van der Waals surface area contributed by atoms with E-state index in [1.807, 2.05) is 9.62 Å². The molecular weight excluding hydrogens is 321 g/mol. The van der Waals surface area contributed by atoms with Crippen LogP contribution in [0.25, 0.3) is 0 Å². The SMILES string of the molecule is NC1CCN(c2ccc(NS(=O)(=O)CC(F)(F)F)cn2)CC1. The number of aromatic nitrogens is 1. The number of sulfonamides is 1. The minimum absolute atomic E-state index is 0.00158. The molecule has 10 heteroatoms. The molecule has 6 nitrogen and oxygen atoms in total. The number of halogens is 3. The highest BCUT2D eigenvalue weighted by molar-refractivity contribution is 7.92. The Bertz CT molecular complexity index is 596. The van der Waals surface area contributed by atoms with E-state index < -0.39 is 22.0 Å². The van der Waals surface area contributed by atoms with Gasteiger partial charge in [-0.3, -0.25) is 4.72 Å². The van der Waals surface area contributed by atoms with Crippen molar-refractivity contribution in [1.82, 2.24) is 4.98 Å². The smallest absolute Gasteiger partial charge is 0.357 e. The zero-order chi connectivity index (χ0) is 16.4. The van der Waals surface area contributed by atoms with Crippen molar-refractivity contribution in [3.05, 3.63) is 18.3 Å². The van der Waals surface area contributed by atoms with Gasteiger partial charge in [0.25, 0.3) is 0 Å². The van der Waals surface area contributed by atoms with Crippen LogP contribution in [0.3, 0.4) is 0 Å². The monoisotopic (exact) mass is 338 g/mol. The van der Waals surface area contributed by atoms with E-state index in [9.17, 15) is 21.6 Å². The Morgan fingerprint density at radius 3 is 2.45 bits per heavy atom. The number of piperidine rings is 1. The van der Waals surface area contributed by atoms with Crippen LogP contribution in [-0.4, -0.2) is 44.5 Å². The minimum Gasteiger partial charge on any atom is -0.357 e. The van der Waals surface area contributed by atoms with Crippen LogP contribution in [0.1, 0.15) is 12.8 Å². The van der Waals surface area contributed by atoms with E-state index >= 15 is 0 Å². The fourth-order valence-electron chi connectivity index (χ4n) is 2.19. The van der Waals surface area contributed by atoms with Crippen LogP contribution < -0.4 is 15.4 Å². The third-order valence-corrected chi connectivity index (χ3v) is 4.49. The summed E-state index contributed by atoms with van der Waals surface area (Å²) < 4.78 is 61.0. The lowest BCUT2D eigenvalue weighted by atomic mass is 10.1. The zero-order valence-electron chi connectivity index (χ0n) is 11.7. The maximum absolute atomic E-state index is 12.1. The van der Waals surface area contributed by atoms with E-state index in [1.165, 1.54) is 12.3 Å². The van der Waals surface area contributed by atoms with Gasteiger partial charge in [-0.1, -0.05) is 0 Å². The van der Waals surface area contributed by atoms with Gasteiger partial charge >= 0.3 is 6.18 Å². The van der Waals surface area contributed by atoms with Crippen molar-refractivity contribution >= 4 is 21.5 Å². The van der Waals surface area contributed by atoms with Crippen LogP contribution in [0, 0.1) is 0 Å². The summed E-state index contributed by atoms with van der Waals surface area (Å²) >= 11 is 0. The molecule has 0 unspecified atom stereocenters. The zero-order valence-corrected chi connectivity index (χ0v) is 12.5. The molecule has 1 aliphatic rings. The summed E-state index contributed by atoms with van der Waals surface area (Å²) in [6.07, 6.45) is -1.91. The van der Waals surface area contributed by atoms with Gasteiger partial charge in [0.1, 0.15) is 5.82 Å². The highest BCUT2D eigenvalue weighted by Gasteiger charge is 2.35. The molecule has 0 aromatic carbocycles. The Kier molecular flexibility index (Phi) is 4.81. The molecule has 3 N–H and O–H groups in total. The average Bonchev–Trinajstić information content (AvgIpc) is 2.37. The Morgan fingerprint density at radius 2 is 1.95 bits per heavy atom. The van der Waals surface area contributed by atoms with E-state index in [0.29, 0.717) is 5.82 Å². The van der Waals surface area contributed by atoms with Gasteiger partial charge in [-0.15, -0.1) is 0 Å². The highest BCUT2D eigenvalue weighted by Crippen LogP contribution is 2.21. The largest absolute Gasteiger partial charge is 0.404 e. The summed E-state index contributed by atoms with van der Waals surface area (Å²) in [4.78, 5) is 6.08. The number of pyridine rings is 1. The first-order chi connectivity index (χ1) is 10.1. The second kappa shape index (κ2) is 6.29. The fourth-order valence-corrected chi connectivity index (χ4v) is 3.18. The third kappa shape index (κ3) is 5.02. The van der Waals surface area contributed by atoms with Crippen LogP contribution in [-0.2, 0) is 10.0 Å². The van der Waals surface area contributed by atoms with Gasteiger partial charge < -0.3 is 10.6 Å². The molecule has 0 saturated carbocycles. The summed E-state index contributed by atoms with van der Waals surface area (Å²) in [6.45, 7) is 1.49. The lowest BCUT2D eigenvalue weighted by Gasteiger charge is -2.31. The molecule has 1 aromatic heterocycles. The Balaban J connectivity index is 2.00. The first-order valence-corrected chi connectivity index (χ1v) is 8.34. The van der Waals surface area contributed by atoms with E-state index in [0.717, 1.165) is 25.9 Å². The lowest BCUT2D eigenvalue weighted by molar-refractivity contribution is -0.106. The standard InChI is InChI=1S/C12H17F3N4O2S/c13-12(14,15)8-22(20,21)18-10-1-2-11(17-7-10)19-5-3-9(16)4-6-19/h1-2,7,9,18H,3-6,8,16H2. The van der Waals surface area contributed by atoms with E-state index in [4.69, 9.17) is 5.73 Å². The van der Waals surface area contributed by atoms with Crippen LogP contribution in [0.2, 0.25) is 0 Å². The maximum atomic E-state index is 12.1. The molecular formula is C12H17F3N4O2S. The maximum Gasteiger partial charge on any atom is 0.404 e. The van der Waals surface area contributed by atoms with Gasteiger partial charge in [0.05, 0.1) is 11.9 Å². The summed E-state index contributed by atoms with van der Waals surface area (Å²) in [5.41, 5.74) is 5.80. The number of rotatable bonds is 4. The molecule has 1 aliphatic heterocycles. The van der Waals surface area contributed by atoms with E-state index in [1.54, 1.807) is 6.07 Å². The van der Waals surface area contributed by atoms with Crippen molar-refractivity contribution in [2.75, 3.05) is 28.5 Å². The number of anilines is 2. The minimum atomic E-state index is -4.79. The number of hydrogen-bond donors (Lipinski definition) is 2. The van der Waals surface area contributed by atoms with Gasteiger partial charge in [-0.25, -0.2) is 13.4 Å². The molecule has 0 spiro atoms. The van der Waals surface area contributed by atoms with Crippen molar-refractivity contribution in [2.24, 2.45) is 5.73 Å². The Hall–Kier alpha value is -1.55. The average molecular weight is 338 g/mol. The van der Waals surface area contributed by atoms with Crippen LogP contribution in [0.5, 0.6) is 0 Å². The fraction of sp³-hybridized carbons (Fsp3) is 0.583. The normalized spacial score (nSPS) is 17.5. The first-order valence-electron chi connectivity index (χ1n) is 6.68. The van der Waals surface area contributed by atoms with E-state index in [-0.39, 0.29) is 11.7 Å². The lowest BCUT2D eigenvalue weighted by Crippen LogP contribution is -2.40. The van der Waals surface area contributed by atoms with Crippen LogP contribution >= 0.6 is 0 Å². The van der Waals surface area contributed by atoms with Gasteiger partial charge in [0.2, 0.25) is 10.0 Å². The molecule has 0 atom stereocenters.